The Hall–Kier alpha value is -1.68. The van der Waals surface area contributed by atoms with E-state index in [2.05, 4.69) is 15.9 Å². The standard InChI is InChI=1S/C15H12BrFO2/c1-9-3-5-11(13(17)7-9)15(18)12-8-10(16)4-6-14(12)19-2/h3-8H,1-2H3. The van der Waals surface area contributed by atoms with Crippen LogP contribution >= 0.6 is 15.9 Å². The third-order valence-electron chi connectivity index (χ3n) is 2.78. The highest BCUT2D eigenvalue weighted by molar-refractivity contribution is 9.10. The van der Waals surface area contributed by atoms with Gasteiger partial charge < -0.3 is 4.74 Å². The van der Waals surface area contributed by atoms with Crippen molar-refractivity contribution in [3.63, 3.8) is 0 Å². The number of hydrogen-bond acceptors (Lipinski definition) is 2. The van der Waals surface area contributed by atoms with Gasteiger partial charge in [0, 0.05) is 4.47 Å². The largest absolute Gasteiger partial charge is 0.496 e. The lowest BCUT2D eigenvalue weighted by Gasteiger charge is -2.09. The molecule has 2 rings (SSSR count). The lowest BCUT2D eigenvalue weighted by Crippen LogP contribution is -2.06. The van der Waals surface area contributed by atoms with E-state index in [1.54, 1.807) is 31.2 Å². The maximum Gasteiger partial charge on any atom is 0.199 e. The van der Waals surface area contributed by atoms with E-state index in [0.29, 0.717) is 11.3 Å². The topological polar surface area (TPSA) is 26.3 Å². The van der Waals surface area contributed by atoms with Gasteiger partial charge in [-0.3, -0.25) is 4.79 Å². The smallest absolute Gasteiger partial charge is 0.199 e. The van der Waals surface area contributed by atoms with E-state index in [-0.39, 0.29) is 5.56 Å². The molecule has 0 heterocycles. The summed E-state index contributed by atoms with van der Waals surface area (Å²) in [6.45, 7) is 1.77. The van der Waals surface area contributed by atoms with Crippen LogP contribution in [0.15, 0.2) is 40.9 Å². The fraction of sp³-hybridized carbons (Fsp3) is 0.133. The van der Waals surface area contributed by atoms with Crippen molar-refractivity contribution in [3.05, 3.63) is 63.4 Å². The van der Waals surface area contributed by atoms with Gasteiger partial charge in [0.05, 0.1) is 18.2 Å². The van der Waals surface area contributed by atoms with Gasteiger partial charge in [0.1, 0.15) is 11.6 Å². The van der Waals surface area contributed by atoms with E-state index < -0.39 is 11.6 Å². The molecule has 0 saturated carbocycles. The second-order valence-electron chi connectivity index (χ2n) is 4.16. The molecule has 2 aromatic carbocycles. The summed E-state index contributed by atoms with van der Waals surface area (Å²) in [5.41, 5.74) is 1.15. The van der Waals surface area contributed by atoms with Crippen LogP contribution in [0.3, 0.4) is 0 Å². The van der Waals surface area contributed by atoms with Crippen LogP contribution in [-0.2, 0) is 0 Å². The monoisotopic (exact) mass is 322 g/mol. The molecule has 0 fully saturated rings. The van der Waals surface area contributed by atoms with Crippen LogP contribution in [-0.4, -0.2) is 12.9 Å². The van der Waals surface area contributed by atoms with Crippen LogP contribution in [0, 0.1) is 12.7 Å². The lowest BCUT2D eigenvalue weighted by molar-refractivity contribution is 0.103. The Balaban J connectivity index is 2.52. The number of rotatable bonds is 3. The summed E-state index contributed by atoms with van der Waals surface area (Å²) in [5, 5.41) is 0. The van der Waals surface area contributed by atoms with E-state index in [1.807, 2.05) is 0 Å². The van der Waals surface area contributed by atoms with Crippen LogP contribution in [0.25, 0.3) is 0 Å². The summed E-state index contributed by atoms with van der Waals surface area (Å²) in [7, 11) is 1.48. The van der Waals surface area contributed by atoms with Gasteiger partial charge in [-0.1, -0.05) is 22.0 Å². The number of halogens is 2. The van der Waals surface area contributed by atoms with Crippen molar-refractivity contribution in [1.29, 1.82) is 0 Å². The third kappa shape index (κ3) is 2.84. The number of benzene rings is 2. The molecule has 0 aliphatic rings. The van der Waals surface area contributed by atoms with Crippen molar-refractivity contribution in [2.75, 3.05) is 7.11 Å². The Labute approximate surface area is 119 Å². The average molecular weight is 323 g/mol. The Bertz CT molecular complexity index is 638. The number of carbonyl (C=O) groups excluding carboxylic acids is 1. The lowest BCUT2D eigenvalue weighted by atomic mass is 10.0. The molecule has 0 aromatic heterocycles. The van der Waals surface area contributed by atoms with E-state index in [4.69, 9.17) is 4.74 Å². The zero-order valence-corrected chi connectivity index (χ0v) is 12.1. The van der Waals surface area contributed by atoms with Gasteiger partial charge in [0.2, 0.25) is 0 Å². The maximum atomic E-state index is 13.8. The Morgan fingerprint density at radius 2 is 1.89 bits per heavy atom. The van der Waals surface area contributed by atoms with Gasteiger partial charge in [-0.2, -0.15) is 0 Å². The highest BCUT2D eigenvalue weighted by atomic mass is 79.9. The predicted molar refractivity (Wildman–Crippen MR) is 75.3 cm³/mol. The van der Waals surface area contributed by atoms with E-state index in [0.717, 1.165) is 10.0 Å². The molecule has 0 amide bonds. The summed E-state index contributed by atoms with van der Waals surface area (Å²) < 4.78 is 19.7. The Morgan fingerprint density at radius 1 is 1.16 bits per heavy atom. The quantitative estimate of drug-likeness (QED) is 0.794. The summed E-state index contributed by atoms with van der Waals surface area (Å²) in [6.07, 6.45) is 0. The first kappa shape index (κ1) is 13.7. The molecular weight excluding hydrogens is 311 g/mol. The van der Waals surface area contributed by atoms with Gasteiger partial charge >= 0.3 is 0 Å². The second-order valence-corrected chi connectivity index (χ2v) is 5.07. The Kier molecular flexibility index (Phi) is 4.00. The third-order valence-corrected chi connectivity index (χ3v) is 3.27. The van der Waals surface area contributed by atoms with Crippen LogP contribution < -0.4 is 4.74 Å². The van der Waals surface area contributed by atoms with Crippen molar-refractivity contribution in [1.82, 2.24) is 0 Å². The minimum absolute atomic E-state index is 0.0435. The molecule has 0 aliphatic heterocycles. The molecule has 98 valence electrons. The van der Waals surface area contributed by atoms with E-state index >= 15 is 0 Å². The zero-order chi connectivity index (χ0) is 14.0. The molecule has 0 N–H and O–H groups in total. The zero-order valence-electron chi connectivity index (χ0n) is 10.5. The first-order valence-electron chi connectivity index (χ1n) is 5.67. The van der Waals surface area contributed by atoms with E-state index in [9.17, 15) is 9.18 Å². The second kappa shape index (κ2) is 5.53. The normalized spacial score (nSPS) is 10.3. The molecule has 0 saturated heterocycles. The van der Waals surface area contributed by atoms with Crippen molar-refractivity contribution in [2.45, 2.75) is 6.92 Å². The van der Waals surface area contributed by atoms with Crippen molar-refractivity contribution >= 4 is 21.7 Å². The van der Waals surface area contributed by atoms with Gasteiger partial charge in [0.25, 0.3) is 0 Å². The van der Waals surface area contributed by atoms with Crippen molar-refractivity contribution in [3.8, 4) is 5.75 Å². The summed E-state index contributed by atoms with van der Waals surface area (Å²) in [6, 6.07) is 9.61. The average Bonchev–Trinajstić information content (AvgIpc) is 2.38. The summed E-state index contributed by atoms with van der Waals surface area (Å²) in [5.74, 6) is -0.490. The number of ether oxygens (including phenoxy) is 1. The molecule has 2 aromatic rings. The molecule has 0 radical (unpaired) electrons. The number of carbonyl (C=O) groups is 1. The Morgan fingerprint density at radius 3 is 2.53 bits per heavy atom. The van der Waals surface area contributed by atoms with Crippen molar-refractivity contribution < 1.29 is 13.9 Å². The van der Waals surface area contributed by atoms with Crippen LogP contribution in [0.4, 0.5) is 4.39 Å². The van der Waals surface area contributed by atoms with E-state index in [1.165, 1.54) is 19.2 Å². The maximum absolute atomic E-state index is 13.8. The first-order valence-corrected chi connectivity index (χ1v) is 6.46. The number of methoxy groups -OCH3 is 1. The molecule has 0 aliphatic carbocycles. The molecule has 4 heteroatoms. The SMILES string of the molecule is COc1ccc(Br)cc1C(=O)c1ccc(C)cc1F. The molecule has 0 atom stereocenters. The molecular formula is C15H12BrFO2. The van der Waals surface area contributed by atoms with Crippen LogP contribution in [0.2, 0.25) is 0 Å². The molecule has 0 spiro atoms. The molecule has 0 bridgehead atoms. The number of ketones is 1. The van der Waals surface area contributed by atoms with Gasteiger partial charge in [-0.25, -0.2) is 4.39 Å². The molecule has 0 unspecified atom stereocenters. The van der Waals surface area contributed by atoms with Crippen molar-refractivity contribution in [2.24, 2.45) is 0 Å². The van der Waals surface area contributed by atoms with Gasteiger partial charge in [0.15, 0.2) is 5.78 Å². The highest BCUT2D eigenvalue weighted by Crippen LogP contribution is 2.26. The molecule has 2 nitrogen and oxygen atoms in total. The van der Waals surface area contributed by atoms with Crippen LogP contribution in [0.1, 0.15) is 21.5 Å². The predicted octanol–water partition coefficient (Wildman–Crippen LogP) is 4.14. The molecule has 19 heavy (non-hydrogen) atoms. The first-order chi connectivity index (χ1) is 9.02. The summed E-state index contributed by atoms with van der Waals surface area (Å²) in [4.78, 5) is 12.4. The fourth-order valence-corrected chi connectivity index (χ4v) is 2.17. The van der Waals surface area contributed by atoms with Gasteiger partial charge in [-0.15, -0.1) is 0 Å². The number of aryl methyl sites for hydroxylation is 1. The highest BCUT2D eigenvalue weighted by Gasteiger charge is 2.18. The number of hydrogen-bond donors (Lipinski definition) is 0. The minimum Gasteiger partial charge on any atom is -0.496 e. The minimum atomic E-state index is -0.521. The van der Waals surface area contributed by atoms with Crippen LogP contribution in [0.5, 0.6) is 5.75 Å². The van der Waals surface area contributed by atoms with Gasteiger partial charge in [-0.05, 0) is 42.8 Å². The summed E-state index contributed by atoms with van der Waals surface area (Å²) >= 11 is 3.29. The fourth-order valence-electron chi connectivity index (χ4n) is 1.81.